The third-order valence-electron chi connectivity index (χ3n) is 2.75. The van der Waals surface area contributed by atoms with Crippen molar-refractivity contribution < 1.29 is 0 Å². The maximum absolute atomic E-state index is 5.98. The van der Waals surface area contributed by atoms with Crippen molar-refractivity contribution in [1.29, 1.82) is 0 Å². The molecule has 2 N–H and O–H groups in total. The third kappa shape index (κ3) is 3.21. The van der Waals surface area contributed by atoms with E-state index in [9.17, 15) is 0 Å². The van der Waals surface area contributed by atoms with E-state index in [4.69, 9.17) is 17.3 Å². The Balaban J connectivity index is 2.21. The Morgan fingerprint density at radius 2 is 1.72 bits per heavy atom. The number of anilines is 1. The molecule has 0 aliphatic carbocycles. The molecule has 0 atom stereocenters. The first-order chi connectivity index (χ1) is 8.56. The normalized spacial score (nSPS) is 10.9. The van der Waals surface area contributed by atoms with Gasteiger partial charge < -0.3 is 5.73 Å². The van der Waals surface area contributed by atoms with Crippen LogP contribution in [0.5, 0.6) is 0 Å². The van der Waals surface area contributed by atoms with E-state index in [1.807, 2.05) is 18.2 Å². The zero-order valence-electron chi connectivity index (χ0n) is 10.5. The molecule has 94 valence electrons. The van der Waals surface area contributed by atoms with Gasteiger partial charge in [-0.15, -0.1) is 0 Å². The van der Waals surface area contributed by atoms with Crippen LogP contribution < -0.4 is 5.73 Å². The number of hydrogen-bond donors (Lipinski definition) is 1. The summed E-state index contributed by atoms with van der Waals surface area (Å²) in [6, 6.07) is 14.1. The quantitative estimate of drug-likeness (QED) is 0.781. The number of rotatable bonds is 3. The van der Waals surface area contributed by atoms with Gasteiger partial charge >= 0.3 is 0 Å². The van der Waals surface area contributed by atoms with Gasteiger partial charge in [0.15, 0.2) is 0 Å². The number of nitrogens with two attached hydrogens (primary N) is 1. The lowest BCUT2D eigenvalue weighted by Gasteiger charge is -2.08. The van der Waals surface area contributed by atoms with Gasteiger partial charge in [0.2, 0.25) is 0 Å². The van der Waals surface area contributed by atoms with Crippen LogP contribution in [-0.2, 0) is 0 Å². The Morgan fingerprint density at radius 1 is 1.06 bits per heavy atom. The average molecular weight is 278 g/mol. The molecule has 0 heterocycles. The summed E-state index contributed by atoms with van der Waals surface area (Å²) >= 11 is 7.62. The first kappa shape index (κ1) is 13.3. The van der Waals surface area contributed by atoms with Crippen molar-refractivity contribution in [1.82, 2.24) is 0 Å². The topological polar surface area (TPSA) is 26.0 Å². The summed E-state index contributed by atoms with van der Waals surface area (Å²) in [5.74, 6) is 0.556. The van der Waals surface area contributed by atoms with Gasteiger partial charge in [-0.25, -0.2) is 0 Å². The molecule has 0 spiro atoms. The van der Waals surface area contributed by atoms with Gasteiger partial charge in [-0.1, -0.05) is 49.3 Å². The molecule has 1 nitrogen and oxygen atoms in total. The number of hydrogen-bond acceptors (Lipinski definition) is 2. The Hall–Kier alpha value is -1.12. The summed E-state index contributed by atoms with van der Waals surface area (Å²) in [4.78, 5) is 2.17. The summed E-state index contributed by atoms with van der Waals surface area (Å²) in [6.45, 7) is 4.38. The predicted molar refractivity (Wildman–Crippen MR) is 80.5 cm³/mol. The molecule has 2 aromatic rings. The molecule has 3 heteroatoms. The van der Waals surface area contributed by atoms with E-state index in [0.29, 0.717) is 10.9 Å². The van der Waals surface area contributed by atoms with Crippen LogP contribution in [0.3, 0.4) is 0 Å². The van der Waals surface area contributed by atoms with Crippen LogP contribution in [0.15, 0.2) is 52.3 Å². The minimum Gasteiger partial charge on any atom is -0.398 e. The molecule has 0 saturated heterocycles. The van der Waals surface area contributed by atoms with Gasteiger partial charge in [-0.05, 0) is 41.8 Å². The molecular formula is C15H16ClNS. The standard InChI is InChI=1S/C15H16ClNS/c1-10(2)11-3-6-13(7-4-11)18-15-9-12(16)5-8-14(15)17/h3-10H,17H2,1-2H3. The summed E-state index contributed by atoms with van der Waals surface area (Å²) in [7, 11) is 0. The van der Waals surface area contributed by atoms with Crippen molar-refractivity contribution >= 4 is 29.1 Å². The lowest BCUT2D eigenvalue weighted by atomic mass is 10.0. The lowest BCUT2D eigenvalue weighted by Crippen LogP contribution is -1.89. The average Bonchev–Trinajstić information content (AvgIpc) is 2.34. The van der Waals surface area contributed by atoms with Crippen LogP contribution >= 0.6 is 23.4 Å². The van der Waals surface area contributed by atoms with Gasteiger partial charge in [0, 0.05) is 20.5 Å². The Morgan fingerprint density at radius 3 is 2.33 bits per heavy atom. The minimum atomic E-state index is 0.556. The molecule has 0 aromatic heterocycles. The molecule has 0 unspecified atom stereocenters. The highest BCUT2D eigenvalue weighted by Gasteiger charge is 2.04. The molecule has 0 aliphatic heterocycles. The number of benzene rings is 2. The summed E-state index contributed by atoms with van der Waals surface area (Å²) in [5, 5.41) is 0.713. The van der Waals surface area contributed by atoms with E-state index in [-0.39, 0.29) is 0 Å². The maximum Gasteiger partial charge on any atom is 0.0456 e. The van der Waals surface area contributed by atoms with Crippen molar-refractivity contribution in [2.75, 3.05) is 5.73 Å². The van der Waals surface area contributed by atoms with Gasteiger partial charge in [-0.3, -0.25) is 0 Å². The van der Waals surface area contributed by atoms with Crippen molar-refractivity contribution in [2.45, 2.75) is 29.6 Å². The van der Waals surface area contributed by atoms with Gasteiger partial charge in [0.1, 0.15) is 0 Å². The number of nitrogen functional groups attached to an aromatic ring is 1. The second-order valence-electron chi connectivity index (χ2n) is 4.51. The molecule has 0 aliphatic rings. The summed E-state index contributed by atoms with van der Waals surface area (Å²) in [6.07, 6.45) is 0. The smallest absolute Gasteiger partial charge is 0.0456 e. The Bertz CT molecular complexity index is 535. The highest BCUT2D eigenvalue weighted by Crippen LogP contribution is 2.34. The predicted octanol–water partition coefficient (Wildman–Crippen LogP) is 5.20. The van der Waals surface area contributed by atoms with Gasteiger partial charge in [-0.2, -0.15) is 0 Å². The van der Waals surface area contributed by atoms with Gasteiger partial charge in [0.05, 0.1) is 0 Å². The van der Waals surface area contributed by atoms with E-state index in [1.54, 1.807) is 11.8 Å². The second kappa shape index (κ2) is 5.68. The molecule has 0 radical (unpaired) electrons. The molecule has 18 heavy (non-hydrogen) atoms. The van der Waals surface area contributed by atoms with E-state index in [1.165, 1.54) is 10.5 Å². The van der Waals surface area contributed by atoms with Crippen LogP contribution in [0.1, 0.15) is 25.3 Å². The first-order valence-corrected chi connectivity index (χ1v) is 7.08. The molecule has 0 bridgehead atoms. The third-order valence-corrected chi connectivity index (χ3v) is 4.07. The van der Waals surface area contributed by atoms with Crippen LogP contribution in [0, 0.1) is 0 Å². The van der Waals surface area contributed by atoms with E-state index >= 15 is 0 Å². The van der Waals surface area contributed by atoms with Crippen molar-refractivity contribution in [3.05, 3.63) is 53.1 Å². The molecule has 2 aromatic carbocycles. The van der Waals surface area contributed by atoms with Crippen LogP contribution in [0.2, 0.25) is 5.02 Å². The van der Waals surface area contributed by atoms with Crippen LogP contribution in [0.25, 0.3) is 0 Å². The van der Waals surface area contributed by atoms with E-state index in [2.05, 4.69) is 38.1 Å². The Labute approximate surface area is 117 Å². The summed E-state index contributed by atoms with van der Waals surface area (Å²) in [5.41, 5.74) is 8.04. The zero-order valence-corrected chi connectivity index (χ0v) is 12.1. The monoisotopic (exact) mass is 277 g/mol. The molecule has 2 rings (SSSR count). The minimum absolute atomic E-state index is 0.556. The molecule has 0 saturated carbocycles. The van der Waals surface area contributed by atoms with E-state index < -0.39 is 0 Å². The van der Waals surface area contributed by atoms with Crippen molar-refractivity contribution in [3.8, 4) is 0 Å². The fourth-order valence-corrected chi connectivity index (χ4v) is 2.78. The SMILES string of the molecule is CC(C)c1ccc(Sc2cc(Cl)ccc2N)cc1. The fourth-order valence-electron chi connectivity index (χ4n) is 1.64. The Kier molecular flexibility index (Phi) is 4.20. The maximum atomic E-state index is 5.98. The highest BCUT2D eigenvalue weighted by atomic mass is 35.5. The second-order valence-corrected chi connectivity index (χ2v) is 6.06. The van der Waals surface area contributed by atoms with Gasteiger partial charge in [0.25, 0.3) is 0 Å². The molecule has 0 fully saturated rings. The number of halogens is 1. The first-order valence-electron chi connectivity index (χ1n) is 5.89. The van der Waals surface area contributed by atoms with E-state index in [0.717, 1.165) is 10.6 Å². The van der Waals surface area contributed by atoms with Crippen LogP contribution in [0.4, 0.5) is 5.69 Å². The van der Waals surface area contributed by atoms with Crippen molar-refractivity contribution in [2.24, 2.45) is 0 Å². The van der Waals surface area contributed by atoms with Crippen LogP contribution in [-0.4, -0.2) is 0 Å². The van der Waals surface area contributed by atoms with Crippen molar-refractivity contribution in [3.63, 3.8) is 0 Å². The largest absolute Gasteiger partial charge is 0.398 e. The highest BCUT2D eigenvalue weighted by molar-refractivity contribution is 7.99. The molecule has 0 amide bonds. The zero-order chi connectivity index (χ0) is 13.1. The fraction of sp³-hybridized carbons (Fsp3) is 0.200. The summed E-state index contributed by atoms with van der Waals surface area (Å²) < 4.78 is 0. The molecular weight excluding hydrogens is 262 g/mol. The lowest BCUT2D eigenvalue weighted by molar-refractivity contribution is 0.865.